The van der Waals surface area contributed by atoms with Gasteiger partial charge in [0.15, 0.2) is 5.65 Å². The largest absolute Gasteiger partial charge is 0.476 e. The summed E-state index contributed by atoms with van der Waals surface area (Å²) >= 11 is 0. The topological polar surface area (TPSA) is 130 Å². The van der Waals surface area contributed by atoms with E-state index in [0.29, 0.717) is 61.6 Å². The minimum Gasteiger partial charge on any atom is -0.476 e. The highest BCUT2D eigenvalue weighted by Crippen LogP contribution is 2.28. The summed E-state index contributed by atoms with van der Waals surface area (Å²) in [4.78, 5) is 9.08. The van der Waals surface area contributed by atoms with E-state index in [1.165, 1.54) is 10.6 Å². The molecule has 0 amide bonds. The van der Waals surface area contributed by atoms with Crippen molar-refractivity contribution in [2.75, 3.05) is 31.3 Å². The van der Waals surface area contributed by atoms with Gasteiger partial charge in [-0.3, -0.25) is 5.10 Å². The molecule has 2 N–H and O–H groups in total. The summed E-state index contributed by atoms with van der Waals surface area (Å²) in [6.07, 6.45) is 8.64. The monoisotopic (exact) mass is 448 g/mol. The van der Waals surface area contributed by atoms with Crippen LogP contribution >= 0.6 is 0 Å². The van der Waals surface area contributed by atoms with Crippen molar-refractivity contribution in [2.45, 2.75) is 39.2 Å². The molecule has 168 valence electrons. The summed E-state index contributed by atoms with van der Waals surface area (Å²) < 4.78 is 32.7. The number of ether oxygens (including phenoxy) is 1. The lowest BCUT2D eigenvalue weighted by Gasteiger charge is -2.30. The second-order valence-corrected chi connectivity index (χ2v) is 10.2. The number of anilines is 1. The summed E-state index contributed by atoms with van der Waals surface area (Å²) in [7, 11) is -3.15. The van der Waals surface area contributed by atoms with Crippen LogP contribution in [-0.4, -0.2) is 74.5 Å². The lowest BCUT2D eigenvalue weighted by Crippen LogP contribution is -2.41. The first-order valence-electron chi connectivity index (χ1n) is 10.4. The number of aromatic amines is 1. The maximum Gasteiger partial charge on any atom is 0.244 e. The van der Waals surface area contributed by atoms with Gasteiger partial charge in [-0.2, -0.15) is 14.6 Å². The van der Waals surface area contributed by atoms with Gasteiger partial charge in [0.1, 0.15) is 5.69 Å². The van der Waals surface area contributed by atoms with E-state index in [0.717, 1.165) is 12.0 Å². The lowest BCUT2D eigenvalue weighted by atomic mass is 10.1. The Balaban J connectivity index is 1.56. The molecule has 0 atom stereocenters. The Labute approximate surface area is 181 Å². The highest BCUT2D eigenvalue weighted by atomic mass is 32.2. The molecule has 0 aromatic carbocycles. The van der Waals surface area contributed by atoms with Crippen LogP contribution in [0.15, 0.2) is 18.6 Å². The fourth-order valence-electron chi connectivity index (χ4n) is 3.51. The zero-order valence-corrected chi connectivity index (χ0v) is 18.8. The van der Waals surface area contributed by atoms with Gasteiger partial charge >= 0.3 is 0 Å². The van der Waals surface area contributed by atoms with Gasteiger partial charge in [-0.25, -0.2) is 17.7 Å². The van der Waals surface area contributed by atoms with Crippen molar-refractivity contribution >= 4 is 21.6 Å². The van der Waals surface area contributed by atoms with Crippen LogP contribution < -0.4 is 10.1 Å². The van der Waals surface area contributed by atoms with Crippen LogP contribution in [0.5, 0.6) is 5.88 Å². The van der Waals surface area contributed by atoms with Crippen molar-refractivity contribution in [2.24, 2.45) is 5.92 Å². The second kappa shape index (κ2) is 8.79. The quantitative estimate of drug-likeness (QED) is 0.533. The lowest BCUT2D eigenvalue weighted by molar-refractivity contribution is 0.273. The van der Waals surface area contributed by atoms with Crippen LogP contribution in [0.3, 0.4) is 0 Å². The third kappa shape index (κ3) is 4.96. The van der Waals surface area contributed by atoms with E-state index < -0.39 is 10.0 Å². The summed E-state index contributed by atoms with van der Waals surface area (Å²) in [5, 5.41) is 14.8. The van der Waals surface area contributed by atoms with Gasteiger partial charge in [-0.1, -0.05) is 13.8 Å². The van der Waals surface area contributed by atoms with Crippen molar-refractivity contribution in [1.82, 2.24) is 34.1 Å². The first kappa shape index (κ1) is 21.5. The average molecular weight is 449 g/mol. The molecular weight excluding hydrogens is 420 g/mol. The Morgan fingerprint density at radius 3 is 2.71 bits per heavy atom. The smallest absolute Gasteiger partial charge is 0.244 e. The predicted octanol–water partition coefficient (Wildman–Crippen LogP) is 1.78. The van der Waals surface area contributed by atoms with Gasteiger partial charge in [0.2, 0.25) is 21.9 Å². The number of nitrogens with zero attached hydrogens (tertiary/aromatic N) is 6. The van der Waals surface area contributed by atoms with Crippen molar-refractivity contribution in [3.8, 4) is 17.1 Å². The van der Waals surface area contributed by atoms with Crippen LogP contribution in [0, 0.1) is 5.92 Å². The second-order valence-electron chi connectivity index (χ2n) is 8.22. The number of hydrogen-bond acceptors (Lipinski definition) is 8. The van der Waals surface area contributed by atoms with E-state index in [2.05, 4.69) is 44.4 Å². The molecular formula is C19H28N8O3S. The molecule has 31 heavy (non-hydrogen) atoms. The first-order valence-corrected chi connectivity index (χ1v) is 12.3. The molecule has 3 aromatic rings. The van der Waals surface area contributed by atoms with Gasteiger partial charge in [0.25, 0.3) is 0 Å². The molecule has 12 heteroatoms. The summed E-state index contributed by atoms with van der Waals surface area (Å²) in [5.74, 6) is 1.50. The van der Waals surface area contributed by atoms with Crippen LogP contribution in [0.25, 0.3) is 16.9 Å². The molecule has 1 aliphatic heterocycles. The zero-order chi connectivity index (χ0) is 22.0. The highest BCUT2D eigenvalue weighted by molar-refractivity contribution is 7.88. The van der Waals surface area contributed by atoms with Crippen molar-refractivity contribution in [1.29, 1.82) is 0 Å². The van der Waals surface area contributed by atoms with E-state index in [9.17, 15) is 8.42 Å². The van der Waals surface area contributed by atoms with Crippen LogP contribution in [0.1, 0.15) is 33.1 Å². The molecule has 4 heterocycles. The molecule has 1 aliphatic rings. The van der Waals surface area contributed by atoms with Crippen LogP contribution in [-0.2, 0) is 10.0 Å². The Hall–Kier alpha value is -2.73. The van der Waals surface area contributed by atoms with Crippen molar-refractivity contribution < 1.29 is 13.2 Å². The number of fused-ring (bicyclic) bond motifs is 1. The number of nitrogens with one attached hydrogen (secondary N) is 2. The molecule has 0 saturated carbocycles. The average Bonchev–Trinajstić information content (AvgIpc) is 3.37. The van der Waals surface area contributed by atoms with E-state index in [1.54, 1.807) is 23.1 Å². The molecule has 3 aromatic heterocycles. The minimum atomic E-state index is -3.15. The SMILES string of the molecule is CC(C)CCOc1c(-c2cn[nH]c2)ncc2nc(NC3CCN(S(C)(=O)=O)CC3)nn12. The highest BCUT2D eigenvalue weighted by Gasteiger charge is 2.26. The number of aromatic nitrogens is 6. The van der Waals surface area contributed by atoms with E-state index in [-0.39, 0.29) is 6.04 Å². The number of rotatable bonds is 8. The number of hydrogen-bond donors (Lipinski definition) is 2. The van der Waals surface area contributed by atoms with Crippen LogP contribution in [0.4, 0.5) is 5.95 Å². The molecule has 0 radical (unpaired) electrons. The predicted molar refractivity (Wildman–Crippen MR) is 116 cm³/mol. The van der Waals surface area contributed by atoms with Crippen LogP contribution in [0.2, 0.25) is 0 Å². The molecule has 11 nitrogen and oxygen atoms in total. The van der Waals surface area contributed by atoms with Gasteiger partial charge in [0.05, 0.1) is 25.3 Å². The minimum absolute atomic E-state index is 0.0991. The normalized spacial score (nSPS) is 16.3. The number of piperidine rings is 1. The Morgan fingerprint density at radius 2 is 2.06 bits per heavy atom. The van der Waals surface area contributed by atoms with Gasteiger partial charge < -0.3 is 10.1 Å². The maximum absolute atomic E-state index is 11.7. The summed E-state index contributed by atoms with van der Waals surface area (Å²) in [6.45, 7) is 5.80. The molecule has 1 fully saturated rings. The molecule has 4 rings (SSSR count). The van der Waals surface area contributed by atoms with E-state index >= 15 is 0 Å². The molecule has 0 aliphatic carbocycles. The van der Waals surface area contributed by atoms with Gasteiger partial charge in [-0.15, -0.1) is 5.10 Å². The number of sulfonamides is 1. The Bertz CT molecular complexity index is 1120. The summed E-state index contributed by atoms with van der Waals surface area (Å²) in [6, 6.07) is 0.0991. The zero-order valence-electron chi connectivity index (χ0n) is 17.9. The van der Waals surface area contributed by atoms with Gasteiger partial charge in [-0.05, 0) is 25.2 Å². The molecule has 0 spiro atoms. The van der Waals surface area contributed by atoms with E-state index in [4.69, 9.17) is 4.74 Å². The number of H-pyrrole nitrogens is 1. The van der Waals surface area contributed by atoms with Crippen molar-refractivity contribution in [3.63, 3.8) is 0 Å². The fourth-order valence-corrected chi connectivity index (χ4v) is 4.38. The molecule has 0 bridgehead atoms. The fraction of sp³-hybridized carbons (Fsp3) is 0.579. The summed E-state index contributed by atoms with van der Waals surface area (Å²) in [5.41, 5.74) is 2.02. The first-order chi connectivity index (χ1) is 14.8. The third-order valence-electron chi connectivity index (χ3n) is 5.30. The van der Waals surface area contributed by atoms with Crippen molar-refractivity contribution in [3.05, 3.63) is 18.6 Å². The molecule has 0 unspecified atom stereocenters. The Kier molecular flexibility index (Phi) is 6.10. The van der Waals surface area contributed by atoms with E-state index in [1.807, 2.05) is 0 Å². The Morgan fingerprint density at radius 1 is 1.29 bits per heavy atom. The third-order valence-corrected chi connectivity index (χ3v) is 6.60. The maximum atomic E-state index is 11.7. The molecule has 1 saturated heterocycles. The standard InChI is InChI=1S/C19H28N8O3S/c1-13(2)6-9-30-18-17(14-10-21-22-11-14)20-12-16-24-19(25-27(16)18)23-15-4-7-26(8-5-15)31(3,28)29/h10-13,15H,4-9H2,1-3H3,(H,21,22)(H,23,25). The van der Waals surface area contributed by atoms with Gasteiger partial charge in [0, 0.05) is 30.9 Å².